The number of aliphatic hydroxyl groups is 2. The van der Waals surface area contributed by atoms with Crippen molar-refractivity contribution in [1.82, 2.24) is 0 Å². The first-order valence-electron chi connectivity index (χ1n) is 7.05. The molecule has 3 unspecified atom stereocenters. The van der Waals surface area contributed by atoms with Crippen molar-refractivity contribution < 1.29 is 45.8 Å². The van der Waals surface area contributed by atoms with E-state index < -0.39 is 12.3 Å². The topological polar surface area (TPSA) is 56.1 Å². The summed E-state index contributed by atoms with van der Waals surface area (Å²) in [7, 11) is 0. The van der Waals surface area contributed by atoms with Crippen molar-refractivity contribution in [3.05, 3.63) is 30.3 Å². The number of benzene rings is 1. The van der Waals surface area contributed by atoms with E-state index in [0.29, 0.717) is 6.42 Å². The van der Waals surface area contributed by atoms with Crippen LogP contribution in [0.1, 0.15) is 34.1 Å². The van der Waals surface area contributed by atoms with Gasteiger partial charge >= 0.3 is 0 Å². The molecule has 0 amide bonds. The summed E-state index contributed by atoms with van der Waals surface area (Å²) in [5.74, 6) is -0.338. The molecule has 0 aliphatic carbocycles. The van der Waals surface area contributed by atoms with Crippen LogP contribution in [0.25, 0.3) is 0 Å². The minimum Gasteiger partial charge on any atom is -0.392 e. The van der Waals surface area contributed by atoms with E-state index in [9.17, 15) is 10.2 Å². The Morgan fingerprint density at radius 2 is 1.81 bits per heavy atom. The van der Waals surface area contributed by atoms with Crippen molar-refractivity contribution in [2.75, 3.05) is 5.01 Å². The van der Waals surface area contributed by atoms with E-state index >= 15 is 0 Å². The summed E-state index contributed by atoms with van der Waals surface area (Å²) in [6.45, 7) is 8.11. The summed E-state index contributed by atoms with van der Waals surface area (Å²) in [5, 5.41) is 26.9. The van der Waals surface area contributed by atoms with Crippen LogP contribution in [0, 0.1) is 46.9 Å². The number of rotatable bonds is 3. The summed E-state index contributed by atoms with van der Waals surface area (Å²) in [6.07, 6.45) is -0.776. The Bertz CT molecular complexity index is 485. The van der Waals surface area contributed by atoms with Gasteiger partial charge in [0.2, 0.25) is 0 Å². The van der Waals surface area contributed by atoms with Crippen LogP contribution in [-0.2, 0) is 0 Å². The molecule has 0 aromatic heterocycles. The summed E-state index contributed by atoms with van der Waals surface area (Å²) >= 11 is 0. The maximum atomic E-state index is 10.5. The standard InChI is InChI=1S/C16H24N2O2.La/c1-11-14(13(19)10-16(2,3)4)15(20)18(17-11)12-8-6-5-7-9-12;/h5-9,13-15,19-20H,10H2,1-4H3;. The van der Waals surface area contributed by atoms with Crippen molar-refractivity contribution >= 4 is 11.4 Å². The van der Waals surface area contributed by atoms with Crippen LogP contribution in [0.4, 0.5) is 5.69 Å². The van der Waals surface area contributed by atoms with E-state index in [1.165, 1.54) is 0 Å². The number of anilines is 1. The minimum absolute atomic E-state index is 0. The maximum absolute atomic E-state index is 10.5. The van der Waals surface area contributed by atoms with Gasteiger partial charge < -0.3 is 10.2 Å². The Balaban J connectivity index is 0.00000220. The molecule has 0 bridgehead atoms. The summed E-state index contributed by atoms with van der Waals surface area (Å²) < 4.78 is 0. The number of hydrogen-bond acceptors (Lipinski definition) is 4. The molecular formula is C16H24LaN2O2. The second-order valence-corrected chi connectivity index (χ2v) is 6.69. The average molecular weight is 415 g/mol. The molecule has 0 saturated carbocycles. The van der Waals surface area contributed by atoms with Crippen molar-refractivity contribution in [3.8, 4) is 0 Å². The zero-order valence-corrected chi connectivity index (χ0v) is 16.8. The van der Waals surface area contributed by atoms with E-state index in [1.54, 1.807) is 5.01 Å². The Labute approximate surface area is 154 Å². The average Bonchev–Trinajstić information content (AvgIpc) is 2.64. The van der Waals surface area contributed by atoms with Gasteiger partial charge in [0.15, 0.2) is 6.23 Å². The van der Waals surface area contributed by atoms with Crippen molar-refractivity contribution in [2.24, 2.45) is 16.4 Å². The minimum atomic E-state index is -0.810. The third-order valence-corrected chi connectivity index (χ3v) is 3.58. The molecule has 5 heteroatoms. The van der Waals surface area contributed by atoms with Crippen LogP contribution >= 0.6 is 0 Å². The van der Waals surface area contributed by atoms with Gasteiger partial charge in [0.25, 0.3) is 0 Å². The number of nitrogens with zero attached hydrogens (tertiary/aromatic N) is 2. The third-order valence-electron chi connectivity index (χ3n) is 3.58. The molecule has 0 spiro atoms. The first kappa shape index (κ1) is 18.9. The number of aliphatic hydroxyl groups excluding tert-OH is 2. The first-order chi connectivity index (χ1) is 9.29. The van der Waals surface area contributed by atoms with E-state index in [-0.39, 0.29) is 46.9 Å². The molecule has 1 aromatic carbocycles. The SMILES string of the molecule is CC1=NN(c2ccccc2)C(O)C1C(O)CC(C)(C)C.[La]. The van der Waals surface area contributed by atoms with Crippen LogP contribution in [0.5, 0.6) is 0 Å². The summed E-state index contributed by atoms with van der Waals surface area (Å²) in [6, 6.07) is 9.54. The van der Waals surface area contributed by atoms with Crippen LogP contribution < -0.4 is 5.01 Å². The fourth-order valence-electron chi connectivity index (χ4n) is 2.69. The van der Waals surface area contributed by atoms with Gasteiger partial charge in [-0.3, -0.25) is 0 Å². The van der Waals surface area contributed by atoms with Crippen molar-refractivity contribution in [3.63, 3.8) is 0 Å². The Kier molecular flexibility index (Phi) is 6.63. The quantitative estimate of drug-likeness (QED) is 0.798. The van der Waals surface area contributed by atoms with Gasteiger partial charge in [-0.2, -0.15) is 5.10 Å². The Morgan fingerprint density at radius 1 is 1.24 bits per heavy atom. The molecule has 21 heavy (non-hydrogen) atoms. The molecule has 2 rings (SSSR count). The van der Waals surface area contributed by atoms with Crippen LogP contribution in [0.2, 0.25) is 0 Å². The zero-order chi connectivity index (χ0) is 14.9. The maximum Gasteiger partial charge on any atom is 0.158 e. The summed E-state index contributed by atoms with van der Waals surface area (Å²) in [4.78, 5) is 0. The van der Waals surface area contributed by atoms with Crippen LogP contribution in [0.15, 0.2) is 35.4 Å². The molecule has 0 fully saturated rings. The Hall–Kier alpha value is -0.195. The van der Waals surface area contributed by atoms with Gasteiger partial charge in [0, 0.05) is 41.3 Å². The van der Waals surface area contributed by atoms with Crippen LogP contribution in [0.3, 0.4) is 0 Å². The monoisotopic (exact) mass is 415 g/mol. The second kappa shape index (κ2) is 7.38. The smallest absolute Gasteiger partial charge is 0.158 e. The third kappa shape index (κ3) is 4.63. The molecule has 1 radical (unpaired) electrons. The van der Waals surface area contributed by atoms with Gasteiger partial charge in [0.05, 0.1) is 17.7 Å². The van der Waals surface area contributed by atoms with Gasteiger partial charge in [-0.1, -0.05) is 39.0 Å². The van der Waals surface area contributed by atoms with E-state index in [0.717, 1.165) is 11.4 Å². The fourth-order valence-corrected chi connectivity index (χ4v) is 2.69. The van der Waals surface area contributed by atoms with Gasteiger partial charge in [-0.05, 0) is 30.9 Å². The molecule has 4 nitrogen and oxygen atoms in total. The zero-order valence-electron chi connectivity index (χ0n) is 13.2. The van der Waals surface area contributed by atoms with E-state index in [4.69, 9.17) is 0 Å². The van der Waals surface area contributed by atoms with Crippen molar-refractivity contribution in [2.45, 2.75) is 46.4 Å². The Morgan fingerprint density at radius 3 is 2.33 bits per heavy atom. The predicted molar refractivity (Wildman–Crippen MR) is 81.6 cm³/mol. The number of para-hydroxylation sites is 1. The second-order valence-electron chi connectivity index (χ2n) is 6.69. The van der Waals surface area contributed by atoms with Gasteiger partial charge in [-0.25, -0.2) is 5.01 Å². The largest absolute Gasteiger partial charge is 0.392 e. The number of hydrazone groups is 1. The first-order valence-corrected chi connectivity index (χ1v) is 7.05. The molecule has 3 atom stereocenters. The normalized spacial score (nSPS) is 23.5. The predicted octanol–water partition coefficient (Wildman–Crippen LogP) is 2.61. The molecule has 1 aliphatic rings. The molecule has 113 valence electrons. The molecule has 1 heterocycles. The van der Waals surface area contributed by atoms with Crippen LogP contribution in [-0.4, -0.2) is 28.3 Å². The molecule has 2 N–H and O–H groups in total. The van der Waals surface area contributed by atoms with Gasteiger partial charge in [0.1, 0.15) is 0 Å². The van der Waals surface area contributed by atoms with E-state index in [2.05, 4.69) is 25.9 Å². The van der Waals surface area contributed by atoms with Crippen molar-refractivity contribution in [1.29, 1.82) is 0 Å². The fraction of sp³-hybridized carbons (Fsp3) is 0.562. The van der Waals surface area contributed by atoms with Gasteiger partial charge in [-0.15, -0.1) is 0 Å². The molecule has 0 saturated heterocycles. The van der Waals surface area contributed by atoms with E-state index in [1.807, 2.05) is 37.3 Å². The molecule has 1 aromatic rings. The summed E-state index contributed by atoms with van der Waals surface area (Å²) in [5.41, 5.74) is 1.63. The molecular weight excluding hydrogens is 391 g/mol. The number of hydrogen-bond donors (Lipinski definition) is 2. The molecule has 1 aliphatic heterocycles.